The lowest BCUT2D eigenvalue weighted by atomic mass is 10.0. The zero-order valence-electron chi connectivity index (χ0n) is 17.0. The third-order valence-electron chi connectivity index (χ3n) is 4.41. The van der Waals surface area contributed by atoms with Crippen LogP contribution in [0.2, 0.25) is 0 Å². The maximum Gasteiger partial charge on any atom is 0.273 e. The van der Waals surface area contributed by atoms with Gasteiger partial charge in [-0.2, -0.15) is 0 Å². The molecule has 0 saturated carbocycles. The Balaban J connectivity index is 2.20. The Morgan fingerprint density at radius 2 is 1.71 bits per heavy atom. The number of oxime groups is 1. The molecule has 1 N–H and O–H groups in total. The summed E-state index contributed by atoms with van der Waals surface area (Å²) in [6.45, 7) is 4.94. The Bertz CT molecular complexity index is 787. The average molecular weight is 383 g/mol. The number of benzene rings is 2. The molecule has 2 aromatic rings. The van der Waals surface area contributed by atoms with Gasteiger partial charge in [0.05, 0.1) is 0 Å². The van der Waals surface area contributed by atoms with Gasteiger partial charge in [-0.05, 0) is 37.0 Å². The predicted octanol–water partition coefficient (Wildman–Crippen LogP) is 4.48. The van der Waals surface area contributed by atoms with Crippen molar-refractivity contribution in [2.75, 3.05) is 13.7 Å². The molecule has 0 fully saturated rings. The van der Waals surface area contributed by atoms with E-state index in [1.165, 1.54) is 25.5 Å². The van der Waals surface area contributed by atoms with Crippen molar-refractivity contribution in [3.63, 3.8) is 0 Å². The highest BCUT2D eigenvalue weighted by Gasteiger charge is 2.18. The van der Waals surface area contributed by atoms with Crippen molar-refractivity contribution in [1.82, 2.24) is 5.32 Å². The minimum atomic E-state index is -0.267. The molecule has 5 heteroatoms. The molecule has 0 spiro atoms. The van der Waals surface area contributed by atoms with E-state index < -0.39 is 0 Å². The maximum absolute atomic E-state index is 12.4. The van der Waals surface area contributed by atoms with Crippen LogP contribution >= 0.6 is 0 Å². The summed E-state index contributed by atoms with van der Waals surface area (Å²) in [5.41, 5.74) is 3.05. The summed E-state index contributed by atoms with van der Waals surface area (Å²) in [4.78, 5) is 17.3. The van der Waals surface area contributed by atoms with Gasteiger partial charge < -0.3 is 14.9 Å². The third kappa shape index (κ3) is 6.12. The first-order valence-corrected chi connectivity index (χ1v) is 9.89. The second kappa shape index (κ2) is 11.8. The third-order valence-corrected chi connectivity index (χ3v) is 4.41. The molecule has 0 aliphatic rings. The Labute approximate surface area is 167 Å². The summed E-state index contributed by atoms with van der Waals surface area (Å²) in [5.74, 6) is 0.619. The second-order valence-corrected chi connectivity index (χ2v) is 6.49. The van der Waals surface area contributed by atoms with Gasteiger partial charge in [0.2, 0.25) is 0 Å². The van der Waals surface area contributed by atoms with Gasteiger partial charge >= 0.3 is 0 Å². The summed E-state index contributed by atoms with van der Waals surface area (Å²) in [6, 6.07) is 15.7. The monoisotopic (exact) mass is 382 g/mol. The van der Waals surface area contributed by atoms with Crippen molar-refractivity contribution in [2.24, 2.45) is 5.16 Å². The van der Waals surface area contributed by atoms with Crippen molar-refractivity contribution in [3.05, 3.63) is 65.2 Å². The van der Waals surface area contributed by atoms with Crippen molar-refractivity contribution < 1.29 is 14.4 Å². The molecule has 5 nitrogen and oxygen atoms in total. The quantitative estimate of drug-likeness (QED) is 0.354. The van der Waals surface area contributed by atoms with E-state index >= 15 is 0 Å². The number of para-hydroxylation sites is 1. The predicted molar refractivity (Wildman–Crippen MR) is 113 cm³/mol. The highest BCUT2D eigenvalue weighted by atomic mass is 16.6. The summed E-state index contributed by atoms with van der Waals surface area (Å²) in [7, 11) is 1.44. The molecule has 0 atom stereocenters. The van der Waals surface area contributed by atoms with Gasteiger partial charge in [-0.1, -0.05) is 67.4 Å². The fourth-order valence-corrected chi connectivity index (χ4v) is 3.00. The van der Waals surface area contributed by atoms with Crippen LogP contribution in [-0.4, -0.2) is 25.3 Å². The fraction of sp³-hybridized carbons (Fsp3) is 0.391. The van der Waals surface area contributed by atoms with Crippen LogP contribution < -0.4 is 10.1 Å². The summed E-state index contributed by atoms with van der Waals surface area (Å²) in [5, 5.41) is 6.72. The molecule has 150 valence electrons. The van der Waals surface area contributed by atoms with E-state index in [9.17, 15) is 4.79 Å². The molecular formula is C23H30N2O3. The molecule has 2 rings (SSSR count). The lowest BCUT2D eigenvalue weighted by Gasteiger charge is -2.14. The fourth-order valence-electron chi connectivity index (χ4n) is 3.00. The Kier molecular flexibility index (Phi) is 9.05. The zero-order chi connectivity index (χ0) is 20.2. The molecule has 0 aliphatic carbocycles. The minimum absolute atomic E-state index is 0.250. The molecule has 0 bridgehead atoms. The van der Waals surface area contributed by atoms with Gasteiger partial charge in [0.15, 0.2) is 5.71 Å². The van der Waals surface area contributed by atoms with Crippen LogP contribution in [0, 0.1) is 0 Å². The van der Waals surface area contributed by atoms with Gasteiger partial charge in [-0.3, -0.25) is 4.79 Å². The Morgan fingerprint density at radius 3 is 2.43 bits per heavy atom. The van der Waals surface area contributed by atoms with Crippen molar-refractivity contribution in [1.29, 1.82) is 0 Å². The number of carbonyl (C=O) groups is 1. The standard InChI is InChI=1S/C23H30N2O3/c1-4-6-7-12-18-13-9-11-16-21(18)28-17-19-14-8-10-15-20(19)22(25-27-3)23(26)24-5-2/h8-11,13-16H,4-7,12,17H2,1-3H3,(H,24,26). The zero-order valence-corrected chi connectivity index (χ0v) is 17.0. The molecule has 0 aromatic heterocycles. The van der Waals surface area contributed by atoms with Crippen molar-refractivity contribution in [2.45, 2.75) is 46.1 Å². The van der Waals surface area contributed by atoms with E-state index in [1.807, 2.05) is 49.4 Å². The van der Waals surface area contributed by atoms with Gasteiger partial charge in [-0.25, -0.2) is 0 Å². The van der Waals surface area contributed by atoms with Gasteiger partial charge in [0.25, 0.3) is 5.91 Å². The lowest BCUT2D eigenvalue weighted by molar-refractivity contribution is -0.114. The molecule has 0 radical (unpaired) electrons. The summed E-state index contributed by atoms with van der Waals surface area (Å²) in [6.07, 6.45) is 4.55. The number of carbonyl (C=O) groups excluding carboxylic acids is 1. The molecular weight excluding hydrogens is 352 g/mol. The van der Waals surface area contributed by atoms with E-state index in [0.29, 0.717) is 18.7 Å². The number of amides is 1. The summed E-state index contributed by atoms with van der Waals surface area (Å²) >= 11 is 0. The number of hydrogen-bond acceptors (Lipinski definition) is 4. The number of ether oxygens (including phenoxy) is 1. The van der Waals surface area contributed by atoms with Crippen LogP contribution in [0.3, 0.4) is 0 Å². The van der Waals surface area contributed by atoms with E-state index in [1.54, 1.807) is 0 Å². The Hall–Kier alpha value is -2.82. The minimum Gasteiger partial charge on any atom is -0.489 e. The maximum atomic E-state index is 12.4. The number of likely N-dealkylation sites (N-methyl/N-ethyl adjacent to an activating group) is 1. The first-order chi connectivity index (χ1) is 13.7. The number of rotatable bonds is 11. The smallest absolute Gasteiger partial charge is 0.273 e. The number of hydrogen-bond donors (Lipinski definition) is 1. The number of nitrogens with one attached hydrogen (secondary N) is 1. The first kappa shape index (κ1) is 21.5. The number of nitrogens with zero attached hydrogens (tertiary/aromatic N) is 1. The average Bonchev–Trinajstić information content (AvgIpc) is 2.72. The van der Waals surface area contributed by atoms with Gasteiger partial charge in [0.1, 0.15) is 19.5 Å². The normalized spacial score (nSPS) is 11.2. The molecule has 0 saturated heterocycles. The van der Waals surface area contributed by atoms with Crippen LogP contribution in [-0.2, 0) is 22.7 Å². The highest BCUT2D eigenvalue weighted by Crippen LogP contribution is 2.22. The van der Waals surface area contributed by atoms with Crippen LogP contribution in [0.5, 0.6) is 5.75 Å². The molecule has 0 aliphatic heterocycles. The molecule has 28 heavy (non-hydrogen) atoms. The van der Waals surface area contributed by atoms with Crippen LogP contribution in [0.25, 0.3) is 0 Å². The second-order valence-electron chi connectivity index (χ2n) is 6.49. The van der Waals surface area contributed by atoms with Crippen molar-refractivity contribution >= 4 is 11.6 Å². The van der Waals surface area contributed by atoms with E-state index in [2.05, 4.69) is 23.5 Å². The van der Waals surface area contributed by atoms with E-state index in [4.69, 9.17) is 9.57 Å². The molecule has 1 amide bonds. The molecule has 0 heterocycles. The van der Waals surface area contributed by atoms with Crippen molar-refractivity contribution in [3.8, 4) is 5.75 Å². The van der Waals surface area contributed by atoms with Crippen LogP contribution in [0.4, 0.5) is 0 Å². The van der Waals surface area contributed by atoms with Gasteiger partial charge in [-0.15, -0.1) is 0 Å². The van der Waals surface area contributed by atoms with E-state index in [-0.39, 0.29) is 11.6 Å². The lowest BCUT2D eigenvalue weighted by Crippen LogP contribution is -2.32. The number of unbranched alkanes of at least 4 members (excludes halogenated alkanes) is 2. The summed E-state index contributed by atoms with van der Waals surface area (Å²) < 4.78 is 6.14. The topological polar surface area (TPSA) is 59.9 Å². The highest BCUT2D eigenvalue weighted by molar-refractivity contribution is 6.45. The largest absolute Gasteiger partial charge is 0.489 e. The SMILES string of the molecule is CCCCCc1ccccc1OCc1ccccc1C(=NOC)C(=O)NCC. The van der Waals surface area contributed by atoms with Crippen LogP contribution in [0.15, 0.2) is 53.7 Å². The molecule has 2 aromatic carbocycles. The van der Waals surface area contributed by atoms with Crippen LogP contribution in [0.1, 0.15) is 49.8 Å². The van der Waals surface area contributed by atoms with Gasteiger partial charge in [0, 0.05) is 12.1 Å². The Morgan fingerprint density at radius 1 is 1.00 bits per heavy atom. The number of aryl methyl sites for hydroxylation is 1. The first-order valence-electron chi connectivity index (χ1n) is 9.89. The van der Waals surface area contributed by atoms with E-state index in [0.717, 1.165) is 24.2 Å². The molecule has 0 unspecified atom stereocenters.